The van der Waals surface area contributed by atoms with E-state index in [-0.39, 0.29) is 0 Å². The highest BCUT2D eigenvalue weighted by molar-refractivity contribution is 7.99. The first-order chi connectivity index (χ1) is 8.70. The van der Waals surface area contributed by atoms with Gasteiger partial charge in [0.1, 0.15) is 0 Å². The lowest BCUT2D eigenvalue weighted by atomic mass is 9.80. The molecule has 18 heavy (non-hydrogen) atoms. The molecule has 1 aliphatic rings. The third-order valence-corrected chi connectivity index (χ3v) is 5.05. The van der Waals surface area contributed by atoms with Crippen LogP contribution in [0.25, 0.3) is 0 Å². The van der Waals surface area contributed by atoms with Crippen molar-refractivity contribution in [3.8, 4) is 0 Å². The standard InChI is InChI=1S/C16H25NS/c1-12(2)18-11-16(17-3)15-9-7-14(8-10-15)13-5-4-6-13/h7-10,12-13,16-17H,4-6,11H2,1-3H3. The number of hydrogen-bond acceptors (Lipinski definition) is 2. The van der Waals surface area contributed by atoms with Crippen molar-refractivity contribution in [2.24, 2.45) is 0 Å². The van der Waals surface area contributed by atoms with E-state index in [2.05, 4.69) is 50.5 Å². The van der Waals surface area contributed by atoms with E-state index in [4.69, 9.17) is 0 Å². The van der Waals surface area contributed by atoms with Gasteiger partial charge in [-0.2, -0.15) is 11.8 Å². The molecule has 1 nitrogen and oxygen atoms in total. The number of benzene rings is 1. The van der Waals surface area contributed by atoms with E-state index < -0.39 is 0 Å². The van der Waals surface area contributed by atoms with Gasteiger partial charge >= 0.3 is 0 Å². The molecule has 0 bridgehead atoms. The summed E-state index contributed by atoms with van der Waals surface area (Å²) in [6.45, 7) is 4.52. The monoisotopic (exact) mass is 263 g/mol. The molecule has 0 saturated heterocycles. The maximum atomic E-state index is 3.43. The Balaban J connectivity index is 1.97. The zero-order chi connectivity index (χ0) is 13.0. The molecular formula is C16H25NS. The predicted octanol–water partition coefficient (Wildman–Crippen LogP) is 4.36. The topological polar surface area (TPSA) is 12.0 Å². The Morgan fingerprint density at radius 2 is 1.89 bits per heavy atom. The maximum Gasteiger partial charge on any atom is 0.0409 e. The quantitative estimate of drug-likeness (QED) is 0.818. The second-order valence-corrected chi connectivity index (χ2v) is 7.13. The molecule has 0 heterocycles. The van der Waals surface area contributed by atoms with E-state index in [0.29, 0.717) is 11.3 Å². The van der Waals surface area contributed by atoms with Crippen LogP contribution in [0.1, 0.15) is 56.2 Å². The SMILES string of the molecule is CNC(CSC(C)C)c1ccc(C2CCC2)cc1. The Labute approximate surface area is 116 Å². The van der Waals surface area contributed by atoms with Crippen LogP contribution < -0.4 is 5.32 Å². The Bertz CT molecular complexity index is 354. The molecule has 1 aromatic carbocycles. The van der Waals surface area contributed by atoms with Crippen molar-refractivity contribution < 1.29 is 0 Å². The van der Waals surface area contributed by atoms with Crippen LogP contribution in [0.5, 0.6) is 0 Å². The van der Waals surface area contributed by atoms with E-state index in [1.807, 2.05) is 11.8 Å². The highest BCUT2D eigenvalue weighted by Gasteiger charge is 2.19. The van der Waals surface area contributed by atoms with Crippen LogP contribution >= 0.6 is 11.8 Å². The Morgan fingerprint density at radius 3 is 2.33 bits per heavy atom. The summed E-state index contributed by atoms with van der Waals surface area (Å²) >= 11 is 2.02. The fourth-order valence-corrected chi connectivity index (χ4v) is 3.31. The van der Waals surface area contributed by atoms with Crippen molar-refractivity contribution in [2.75, 3.05) is 12.8 Å². The molecule has 1 aromatic rings. The highest BCUT2D eigenvalue weighted by atomic mass is 32.2. The molecule has 100 valence electrons. The summed E-state index contributed by atoms with van der Waals surface area (Å²) < 4.78 is 0. The Hall–Kier alpha value is -0.470. The third-order valence-electron chi connectivity index (χ3n) is 3.86. The summed E-state index contributed by atoms with van der Waals surface area (Å²) in [4.78, 5) is 0. The number of nitrogens with one attached hydrogen (secondary N) is 1. The maximum absolute atomic E-state index is 3.43. The van der Waals surface area contributed by atoms with Gasteiger partial charge < -0.3 is 5.32 Å². The molecular weight excluding hydrogens is 238 g/mol. The van der Waals surface area contributed by atoms with Crippen molar-refractivity contribution in [1.82, 2.24) is 5.32 Å². The molecule has 0 aliphatic heterocycles. The number of rotatable bonds is 6. The molecule has 1 unspecified atom stereocenters. The average Bonchev–Trinajstić information content (AvgIpc) is 2.29. The lowest BCUT2D eigenvalue weighted by Gasteiger charge is -2.26. The molecule has 2 rings (SSSR count). The van der Waals surface area contributed by atoms with Crippen LogP contribution in [-0.4, -0.2) is 18.1 Å². The van der Waals surface area contributed by atoms with E-state index in [1.54, 1.807) is 0 Å². The first-order valence-electron chi connectivity index (χ1n) is 7.09. The largest absolute Gasteiger partial charge is 0.312 e. The Morgan fingerprint density at radius 1 is 1.22 bits per heavy atom. The predicted molar refractivity (Wildman–Crippen MR) is 82.4 cm³/mol. The van der Waals surface area contributed by atoms with Gasteiger partial charge in [-0.3, -0.25) is 0 Å². The molecule has 1 saturated carbocycles. The molecule has 2 heteroatoms. The van der Waals surface area contributed by atoms with E-state index in [0.717, 1.165) is 11.7 Å². The van der Waals surface area contributed by atoms with Gasteiger partial charge in [-0.1, -0.05) is 44.5 Å². The van der Waals surface area contributed by atoms with Crippen molar-refractivity contribution in [2.45, 2.75) is 50.3 Å². The zero-order valence-electron chi connectivity index (χ0n) is 11.8. The summed E-state index contributed by atoms with van der Waals surface area (Å²) in [7, 11) is 2.06. The molecule has 1 fully saturated rings. The van der Waals surface area contributed by atoms with Crippen LogP contribution in [0.3, 0.4) is 0 Å². The number of hydrogen-bond donors (Lipinski definition) is 1. The van der Waals surface area contributed by atoms with E-state index in [1.165, 1.54) is 30.4 Å². The van der Waals surface area contributed by atoms with Crippen LogP contribution in [0, 0.1) is 0 Å². The summed E-state index contributed by atoms with van der Waals surface area (Å²) in [5, 5.41) is 4.13. The first kappa shape index (κ1) is 14.0. The first-order valence-corrected chi connectivity index (χ1v) is 8.14. The van der Waals surface area contributed by atoms with E-state index in [9.17, 15) is 0 Å². The van der Waals surface area contributed by atoms with Gasteiger partial charge in [0, 0.05) is 11.8 Å². The van der Waals surface area contributed by atoms with Crippen LogP contribution in [0.15, 0.2) is 24.3 Å². The summed E-state index contributed by atoms with van der Waals surface area (Å²) in [5.74, 6) is 1.99. The minimum absolute atomic E-state index is 0.479. The second kappa shape index (κ2) is 6.63. The van der Waals surface area contributed by atoms with Crippen molar-refractivity contribution in [3.63, 3.8) is 0 Å². The van der Waals surface area contributed by atoms with E-state index >= 15 is 0 Å². The van der Waals surface area contributed by atoms with Gasteiger partial charge in [0.2, 0.25) is 0 Å². The van der Waals surface area contributed by atoms with Gasteiger partial charge in [0.15, 0.2) is 0 Å². The average molecular weight is 263 g/mol. The minimum Gasteiger partial charge on any atom is -0.312 e. The summed E-state index contributed by atoms with van der Waals surface area (Å²) in [5.41, 5.74) is 2.96. The highest BCUT2D eigenvalue weighted by Crippen LogP contribution is 2.36. The van der Waals surface area contributed by atoms with Gasteiger partial charge in [-0.25, -0.2) is 0 Å². The van der Waals surface area contributed by atoms with Crippen LogP contribution in [-0.2, 0) is 0 Å². The molecule has 0 aromatic heterocycles. The lowest BCUT2D eigenvalue weighted by molar-refractivity contribution is 0.419. The van der Waals surface area contributed by atoms with Crippen molar-refractivity contribution in [3.05, 3.63) is 35.4 Å². The molecule has 1 atom stereocenters. The van der Waals surface area contributed by atoms with Gasteiger partial charge in [-0.05, 0) is 42.2 Å². The molecule has 0 amide bonds. The molecule has 1 aliphatic carbocycles. The molecule has 0 spiro atoms. The third kappa shape index (κ3) is 3.52. The fourth-order valence-electron chi connectivity index (χ4n) is 2.38. The van der Waals surface area contributed by atoms with Gasteiger partial charge in [-0.15, -0.1) is 0 Å². The second-order valence-electron chi connectivity index (χ2n) is 5.52. The van der Waals surface area contributed by atoms with Gasteiger partial charge in [0.25, 0.3) is 0 Å². The van der Waals surface area contributed by atoms with Crippen LogP contribution in [0.2, 0.25) is 0 Å². The lowest BCUT2D eigenvalue weighted by Crippen LogP contribution is -2.19. The molecule has 1 N–H and O–H groups in total. The molecule has 0 radical (unpaired) electrons. The normalized spacial score (nSPS) is 17.8. The van der Waals surface area contributed by atoms with Gasteiger partial charge in [0.05, 0.1) is 0 Å². The minimum atomic E-state index is 0.479. The fraction of sp³-hybridized carbons (Fsp3) is 0.625. The van der Waals surface area contributed by atoms with Crippen molar-refractivity contribution in [1.29, 1.82) is 0 Å². The van der Waals surface area contributed by atoms with Crippen molar-refractivity contribution >= 4 is 11.8 Å². The number of thioether (sulfide) groups is 1. The van der Waals surface area contributed by atoms with Crippen LogP contribution in [0.4, 0.5) is 0 Å². The Kier molecular flexibility index (Phi) is 5.13. The zero-order valence-corrected chi connectivity index (χ0v) is 12.6. The smallest absolute Gasteiger partial charge is 0.0409 e. The summed E-state index contributed by atoms with van der Waals surface area (Å²) in [6.07, 6.45) is 4.19. The summed E-state index contributed by atoms with van der Waals surface area (Å²) in [6, 6.07) is 9.78.